The Morgan fingerprint density at radius 2 is 1.66 bits per heavy atom. The second-order valence-corrected chi connectivity index (χ2v) is 8.91. The molecule has 0 amide bonds. The summed E-state index contributed by atoms with van der Waals surface area (Å²) >= 11 is 6.18. The van der Waals surface area contributed by atoms with E-state index in [1.165, 1.54) is 4.31 Å². The van der Waals surface area contributed by atoms with Gasteiger partial charge in [0, 0.05) is 5.02 Å². The van der Waals surface area contributed by atoms with Crippen molar-refractivity contribution >= 4 is 38.3 Å². The summed E-state index contributed by atoms with van der Waals surface area (Å²) in [6.45, 7) is 1.82. The molecule has 2 N–H and O–H groups in total. The summed E-state index contributed by atoms with van der Waals surface area (Å²) in [5.41, 5.74) is 2.55. The number of aromatic nitrogens is 2. The molecule has 4 rings (SSSR count). The highest BCUT2D eigenvalue weighted by molar-refractivity contribution is 7.92. The molecule has 4 aromatic rings. The van der Waals surface area contributed by atoms with Crippen LogP contribution >= 0.6 is 11.6 Å². The van der Waals surface area contributed by atoms with Crippen LogP contribution in [0.5, 0.6) is 0 Å². The predicted molar refractivity (Wildman–Crippen MR) is 115 cm³/mol. The van der Waals surface area contributed by atoms with Crippen LogP contribution in [0, 0.1) is 6.92 Å². The quantitative estimate of drug-likeness (QED) is 0.500. The van der Waals surface area contributed by atoms with Crippen LogP contribution in [0.2, 0.25) is 5.02 Å². The molecule has 0 aliphatic carbocycles. The topological polar surface area (TPSA) is 86.0 Å². The number of rotatable bonds is 5. The van der Waals surface area contributed by atoms with Gasteiger partial charge < -0.3 is 9.97 Å². The third-order valence-corrected chi connectivity index (χ3v) is 7.07. The molecule has 0 saturated carbocycles. The Morgan fingerprint density at radius 1 is 0.931 bits per heavy atom. The monoisotopic (exact) mass is 427 g/mol. The first-order valence-electron chi connectivity index (χ1n) is 8.90. The number of H-pyrrole nitrogens is 2. The van der Waals surface area contributed by atoms with Crippen LogP contribution in [-0.4, -0.2) is 18.4 Å². The highest BCUT2D eigenvalue weighted by Crippen LogP contribution is 2.31. The van der Waals surface area contributed by atoms with E-state index in [0.29, 0.717) is 27.3 Å². The maximum atomic E-state index is 13.6. The molecule has 3 aromatic carbocycles. The van der Waals surface area contributed by atoms with E-state index in [2.05, 4.69) is 9.97 Å². The number of imidazole rings is 1. The van der Waals surface area contributed by atoms with E-state index in [1.807, 2.05) is 30.3 Å². The van der Waals surface area contributed by atoms with Crippen molar-refractivity contribution in [2.24, 2.45) is 0 Å². The van der Waals surface area contributed by atoms with Gasteiger partial charge in [-0.2, -0.15) is 0 Å². The Balaban J connectivity index is 1.89. The molecule has 148 valence electrons. The van der Waals surface area contributed by atoms with Crippen molar-refractivity contribution in [3.8, 4) is 0 Å². The number of hydrogen-bond acceptors (Lipinski definition) is 3. The normalized spacial score (nSPS) is 11.7. The van der Waals surface area contributed by atoms with Gasteiger partial charge in [-0.15, -0.1) is 0 Å². The van der Waals surface area contributed by atoms with E-state index in [-0.39, 0.29) is 17.1 Å². The molecule has 0 aliphatic rings. The second-order valence-electron chi connectivity index (χ2n) is 6.67. The zero-order chi connectivity index (χ0) is 20.6. The van der Waals surface area contributed by atoms with E-state index >= 15 is 0 Å². The summed E-state index contributed by atoms with van der Waals surface area (Å²) in [5, 5.41) is 0.385. The minimum atomic E-state index is -3.92. The van der Waals surface area contributed by atoms with E-state index in [0.717, 1.165) is 5.56 Å². The molecule has 0 saturated heterocycles. The van der Waals surface area contributed by atoms with Gasteiger partial charge in [0.05, 0.1) is 28.2 Å². The van der Waals surface area contributed by atoms with Crippen LogP contribution < -0.4 is 9.99 Å². The molecule has 1 aromatic heterocycles. The summed E-state index contributed by atoms with van der Waals surface area (Å²) in [6.07, 6.45) is 0. The summed E-state index contributed by atoms with van der Waals surface area (Å²) in [5.74, 6) is 0. The van der Waals surface area contributed by atoms with E-state index in [1.54, 1.807) is 43.3 Å². The SMILES string of the molecule is Cc1c(Cl)cccc1S(=O)(=O)N(Cc1ccccc1)c1ccc2[nH]c(=O)[nH]c2c1. The first-order valence-corrected chi connectivity index (χ1v) is 10.7. The number of nitrogens with one attached hydrogen (secondary N) is 2. The summed E-state index contributed by atoms with van der Waals surface area (Å²) in [7, 11) is -3.92. The molecule has 29 heavy (non-hydrogen) atoms. The average Bonchev–Trinajstić information content (AvgIpc) is 3.08. The van der Waals surface area contributed by atoms with Gasteiger partial charge in [0.2, 0.25) is 0 Å². The minimum absolute atomic E-state index is 0.134. The molecule has 0 spiro atoms. The van der Waals surface area contributed by atoms with Crippen LogP contribution in [-0.2, 0) is 16.6 Å². The van der Waals surface area contributed by atoms with Crippen molar-refractivity contribution in [1.29, 1.82) is 0 Å². The summed E-state index contributed by atoms with van der Waals surface area (Å²) < 4.78 is 28.6. The molecule has 0 bridgehead atoms. The van der Waals surface area contributed by atoms with E-state index < -0.39 is 10.0 Å². The number of anilines is 1. The number of halogens is 1. The van der Waals surface area contributed by atoms with Crippen molar-refractivity contribution in [2.75, 3.05) is 4.31 Å². The summed E-state index contributed by atoms with van der Waals surface area (Å²) in [4.78, 5) is 17.1. The summed E-state index contributed by atoms with van der Waals surface area (Å²) in [6, 6.07) is 19.2. The Kier molecular flexibility index (Phi) is 4.94. The van der Waals surface area contributed by atoms with Crippen LogP contribution in [0.3, 0.4) is 0 Å². The lowest BCUT2D eigenvalue weighted by molar-refractivity contribution is 0.590. The molecule has 0 unspecified atom stereocenters. The molecule has 0 aliphatic heterocycles. The smallest absolute Gasteiger partial charge is 0.306 e. The number of hydrogen-bond donors (Lipinski definition) is 2. The van der Waals surface area contributed by atoms with Crippen molar-refractivity contribution < 1.29 is 8.42 Å². The molecule has 0 radical (unpaired) electrons. The zero-order valence-corrected chi connectivity index (χ0v) is 17.1. The van der Waals surface area contributed by atoms with Gasteiger partial charge in [0.25, 0.3) is 10.0 Å². The van der Waals surface area contributed by atoms with Crippen molar-refractivity contribution in [2.45, 2.75) is 18.4 Å². The van der Waals surface area contributed by atoms with Gasteiger partial charge >= 0.3 is 5.69 Å². The first-order chi connectivity index (χ1) is 13.9. The van der Waals surface area contributed by atoms with Crippen molar-refractivity contribution in [1.82, 2.24) is 9.97 Å². The molecular formula is C21H18ClN3O3S. The number of benzene rings is 3. The fourth-order valence-electron chi connectivity index (χ4n) is 3.23. The second kappa shape index (κ2) is 7.42. The molecule has 0 fully saturated rings. The third-order valence-electron chi connectivity index (χ3n) is 4.74. The van der Waals surface area contributed by atoms with Crippen LogP contribution in [0.15, 0.2) is 76.4 Å². The maximum Gasteiger partial charge on any atom is 0.323 e. The predicted octanol–water partition coefficient (Wildman–Crippen LogP) is 4.21. The minimum Gasteiger partial charge on any atom is -0.306 e. The largest absolute Gasteiger partial charge is 0.323 e. The molecule has 6 nitrogen and oxygen atoms in total. The lowest BCUT2D eigenvalue weighted by Crippen LogP contribution is -2.31. The Hall–Kier alpha value is -3.03. The first kappa shape index (κ1) is 19.3. The van der Waals surface area contributed by atoms with E-state index in [9.17, 15) is 13.2 Å². The molecule has 0 atom stereocenters. The van der Waals surface area contributed by atoms with Gasteiger partial charge in [0.1, 0.15) is 0 Å². The highest BCUT2D eigenvalue weighted by Gasteiger charge is 2.28. The van der Waals surface area contributed by atoms with Gasteiger partial charge in [-0.3, -0.25) is 4.31 Å². The van der Waals surface area contributed by atoms with E-state index in [4.69, 9.17) is 11.6 Å². The molecule has 1 heterocycles. The van der Waals surface area contributed by atoms with Crippen LogP contribution in [0.1, 0.15) is 11.1 Å². The fourth-order valence-corrected chi connectivity index (χ4v) is 5.15. The van der Waals surface area contributed by atoms with Gasteiger partial charge in [0.15, 0.2) is 0 Å². The number of sulfonamides is 1. The number of nitrogens with zero attached hydrogens (tertiary/aromatic N) is 1. The Morgan fingerprint density at radius 3 is 2.41 bits per heavy atom. The van der Waals surface area contributed by atoms with Crippen LogP contribution in [0.25, 0.3) is 11.0 Å². The van der Waals surface area contributed by atoms with Crippen LogP contribution in [0.4, 0.5) is 5.69 Å². The fraction of sp³-hybridized carbons (Fsp3) is 0.0952. The highest BCUT2D eigenvalue weighted by atomic mass is 35.5. The third kappa shape index (κ3) is 3.66. The Labute approximate surface area is 172 Å². The van der Waals surface area contributed by atoms with Crippen molar-refractivity contribution in [3.05, 3.63) is 93.4 Å². The van der Waals surface area contributed by atoms with Crippen molar-refractivity contribution in [3.63, 3.8) is 0 Å². The number of fused-ring (bicyclic) bond motifs is 1. The standard InChI is InChI=1S/C21H18ClN3O3S/c1-14-17(22)8-5-9-20(14)29(27,28)25(13-15-6-3-2-4-7-15)16-10-11-18-19(12-16)24-21(26)23-18/h2-12H,13H2,1H3,(H2,23,24,26). The lowest BCUT2D eigenvalue weighted by atomic mass is 10.2. The maximum absolute atomic E-state index is 13.6. The number of aromatic amines is 2. The molecular weight excluding hydrogens is 410 g/mol. The zero-order valence-electron chi connectivity index (χ0n) is 15.5. The Bertz CT molecular complexity index is 1340. The van der Waals surface area contributed by atoms with Gasteiger partial charge in [-0.1, -0.05) is 48.0 Å². The van der Waals surface area contributed by atoms with Gasteiger partial charge in [-0.25, -0.2) is 13.2 Å². The molecule has 8 heteroatoms. The average molecular weight is 428 g/mol. The lowest BCUT2D eigenvalue weighted by Gasteiger charge is -2.26. The van der Waals surface area contributed by atoms with Gasteiger partial charge in [-0.05, 0) is 48.4 Å².